The van der Waals surface area contributed by atoms with Crippen LogP contribution in [0.3, 0.4) is 0 Å². The van der Waals surface area contributed by atoms with Crippen molar-refractivity contribution in [1.29, 1.82) is 0 Å². The van der Waals surface area contributed by atoms with Crippen molar-refractivity contribution in [1.82, 2.24) is 10.4 Å². The third-order valence-corrected chi connectivity index (χ3v) is 4.71. The molecule has 1 saturated heterocycles. The number of carbonyl (C=O) groups is 1. The predicted octanol–water partition coefficient (Wildman–Crippen LogP) is 4.68. The van der Waals surface area contributed by atoms with Gasteiger partial charge in [-0.05, 0) is 34.4 Å². The number of rotatable bonds is 6. The third kappa shape index (κ3) is 3.42. The smallest absolute Gasteiger partial charge is 0.424 e. The van der Waals surface area contributed by atoms with Gasteiger partial charge in [-0.25, -0.2) is 15.2 Å². The topological polar surface area (TPSA) is 41.6 Å². The highest BCUT2D eigenvalue weighted by Gasteiger charge is 2.43. The van der Waals surface area contributed by atoms with Gasteiger partial charge in [0.1, 0.15) is 12.6 Å². The second kappa shape index (κ2) is 7.03. The van der Waals surface area contributed by atoms with Gasteiger partial charge in [-0.15, -0.1) is 0 Å². The van der Waals surface area contributed by atoms with E-state index in [9.17, 15) is 13.6 Å². The van der Waals surface area contributed by atoms with Gasteiger partial charge in [0, 0.05) is 0 Å². The largest absolute Gasteiger partial charge is 0.446 e. The van der Waals surface area contributed by atoms with Crippen LogP contribution in [0.25, 0.3) is 10.8 Å². The number of benzene rings is 2. The summed E-state index contributed by atoms with van der Waals surface area (Å²) >= 11 is 0. The molecule has 0 saturated carbocycles. The van der Waals surface area contributed by atoms with Gasteiger partial charge < -0.3 is 4.74 Å². The van der Waals surface area contributed by atoms with E-state index in [0.29, 0.717) is 11.6 Å². The molecule has 2 aromatic carbocycles. The number of hydrogen-bond acceptors (Lipinski definition) is 3. The van der Waals surface area contributed by atoms with E-state index >= 15 is 0 Å². The zero-order valence-corrected chi connectivity index (χ0v) is 14.8. The Hall–Kier alpha value is -2.47. The van der Waals surface area contributed by atoms with Crippen molar-refractivity contribution < 1.29 is 18.3 Å². The van der Waals surface area contributed by atoms with Crippen LogP contribution in [0, 0.1) is 5.92 Å². The summed E-state index contributed by atoms with van der Waals surface area (Å²) < 4.78 is 34.4. The molecule has 1 fully saturated rings. The number of fused-ring (bicyclic) bond motifs is 1. The summed E-state index contributed by atoms with van der Waals surface area (Å²) in [5.41, 5.74) is 3.08. The molecule has 6 heteroatoms. The van der Waals surface area contributed by atoms with Crippen LogP contribution in [0.4, 0.5) is 13.6 Å². The van der Waals surface area contributed by atoms with Crippen LogP contribution in [0.1, 0.15) is 25.5 Å². The standard InChI is InChI=1S/C20H22F2N2O2/c1-4-20(21,22)18(23-24-17(13(2)3)12-26-19(24)25)16-10-9-14-7-5-6-8-15(14)11-16/h4-11,13,17-18,23H,1,12H2,2-3H3/t17-,18-/m1/s1. The number of cyclic esters (lactones) is 1. The van der Waals surface area contributed by atoms with Gasteiger partial charge in [-0.1, -0.05) is 56.8 Å². The maximum absolute atomic E-state index is 14.7. The van der Waals surface area contributed by atoms with E-state index in [4.69, 9.17) is 4.74 Å². The monoisotopic (exact) mass is 360 g/mol. The fourth-order valence-corrected chi connectivity index (χ4v) is 3.10. The number of hydrazine groups is 1. The van der Waals surface area contributed by atoms with Crippen molar-refractivity contribution in [2.24, 2.45) is 5.92 Å². The molecule has 1 heterocycles. The number of ether oxygens (including phenoxy) is 1. The fourth-order valence-electron chi connectivity index (χ4n) is 3.10. The zero-order chi connectivity index (χ0) is 18.9. The molecule has 1 amide bonds. The number of nitrogens with one attached hydrogen (secondary N) is 1. The number of alkyl halides is 2. The summed E-state index contributed by atoms with van der Waals surface area (Å²) in [5, 5.41) is 2.99. The Morgan fingerprint density at radius 2 is 1.96 bits per heavy atom. The van der Waals surface area contributed by atoms with E-state index in [0.717, 1.165) is 10.8 Å². The van der Waals surface area contributed by atoms with E-state index < -0.39 is 18.1 Å². The van der Waals surface area contributed by atoms with Crippen molar-refractivity contribution in [3.8, 4) is 0 Å². The summed E-state index contributed by atoms with van der Waals surface area (Å²) in [5.74, 6) is -3.20. The molecule has 138 valence electrons. The lowest BCUT2D eigenvalue weighted by Gasteiger charge is -2.33. The van der Waals surface area contributed by atoms with Crippen LogP contribution in [0.5, 0.6) is 0 Å². The quantitative estimate of drug-likeness (QED) is 0.760. The molecule has 0 unspecified atom stereocenters. The number of halogens is 2. The molecule has 2 atom stereocenters. The summed E-state index contributed by atoms with van der Waals surface area (Å²) in [7, 11) is 0. The van der Waals surface area contributed by atoms with Crippen LogP contribution in [-0.2, 0) is 4.74 Å². The Morgan fingerprint density at radius 1 is 1.27 bits per heavy atom. The Kier molecular flexibility index (Phi) is 4.96. The minimum atomic E-state index is -3.26. The molecular formula is C20H22F2N2O2. The molecule has 3 rings (SSSR count). The number of carbonyl (C=O) groups excluding carboxylic acids is 1. The molecule has 2 aromatic rings. The van der Waals surface area contributed by atoms with E-state index in [1.54, 1.807) is 18.2 Å². The van der Waals surface area contributed by atoms with Crippen molar-refractivity contribution in [3.63, 3.8) is 0 Å². The van der Waals surface area contributed by atoms with Crippen LogP contribution in [-0.4, -0.2) is 29.7 Å². The summed E-state index contributed by atoms with van der Waals surface area (Å²) in [6, 6.07) is 10.9. The molecule has 1 aliphatic heterocycles. The first-order valence-electron chi connectivity index (χ1n) is 8.55. The fraction of sp³-hybridized carbons (Fsp3) is 0.350. The normalized spacial score (nSPS) is 19.0. The Bertz CT molecular complexity index is 822. The number of hydrogen-bond donors (Lipinski definition) is 1. The average molecular weight is 360 g/mol. The van der Waals surface area contributed by atoms with E-state index in [1.807, 2.05) is 38.1 Å². The maximum Gasteiger partial charge on any atom is 0.424 e. The van der Waals surface area contributed by atoms with E-state index in [2.05, 4.69) is 12.0 Å². The van der Waals surface area contributed by atoms with Gasteiger partial charge in [0.05, 0.1) is 6.04 Å². The number of nitrogens with zero attached hydrogens (tertiary/aromatic N) is 1. The molecule has 0 aromatic heterocycles. The Labute approximate surface area is 151 Å². The van der Waals surface area contributed by atoms with Gasteiger partial charge in [0.2, 0.25) is 0 Å². The molecule has 0 spiro atoms. The van der Waals surface area contributed by atoms with Crippen molar-refractivity contribution >= 4 is 16.9 Å². The van der Waals surface area contributed by atoms with E-state index in [1.165, 1.54) is 5.01 Å². The predicted molar refractivity (Wildman–Crippen MR) is 96.8 cm³/mol. The lowest BCUT2D eigenvalue weighted by molar-refractivity contribution is -0.0188. The van der Waals surface area contributed by atoms with Gasteiger partial charge in [-0.2, -0.15) is 8.78 Å². The lowest BCUT2D eigenvalue weighted by Crippen LogP contribution is -2.52. The van der Waals surface area contributed by atoms with Crippen LogP contribution >= 0.6 is 0 Å². The van der Waals surface area contributed by atoms with Crippen LogP contribution in [0.15, 0.2) is 55.1 Å². The highest BCUT2D eigenvalue weighted by Crippen LogP contribution is 2.35. The first-order valence-corrected chi connectivity index (χ1v) is 8.55. The van der Waals surface area contributed by atoms with Gasteiger partial charge in [0.25, 0.3) is 5.92 Å². The summed E-state index contributed by atoms with van der Waals surface area (Å²) in [6.07, 6.45) is -0.0413. The molecule has 0 radical (unpaired) electrons. The maximum atomic E-state index is 14.7. The van der Waals surface area contributed by atoms with Gasteiger partial charge >= 0.3 is 6.09 Å². The van der Waals surface area contributed by atoms with Gasteiger partial charge in [-0.3, -0.25) is 0 Å². The van der Waals surface area contributed by atoms with Crippen LogP contribution in [0.2, 0.25) is 0 Å². The van der Waals surface area contributed by atoms with Crippen LogP contribution < -0.4 is 5.43 Å². The zero-order valence-electron chi connectivity index (χ0n) is 14.8. The first kappa shape index (κ1) is 18.3. The SMILES string of the molecule is C=CC(F)(F)[C@H](NN1C(=O)OC[C@@H]1C(C)C)c1ccc2ccccc2c1. The highest BCUT2D eigenvalue weighted by atomic mass is 19.3. The minimum Gasteiger partial charge on any atom is -0.446 e. The molecule has 1 aliphatic rings. The van der Waals surface area contributed by atoms with E-state index in [-0.39, 0.29) is 18.6 Å². The summed E-state index contributed by atoms with van der Waals surface area (Å²) in [4.78, 5) is 12.1. The van der Waals surface area contributed by atoms with Gasteiger partial charge in [0.15, 0.2) is 0 Å². The molecular weight excluding hydrogens is 338 g/mol. The summed E-state index contributed by atoms with van der Waals surface area (Å²) in [6.45, 7) is 7.27. The molecule has 1 N–H and O–H groups in total. The first-order chi connectivity index (χ1) is 12.3. The molecule has 26 heavy (non-hydrogen) atoms. The Morgan fingerprint density at radius 3 is 2.62 bits per heavy atom. The Balaban J connectivity index is 1.99. The average Bonchev–Trinajstić information content (AvgIpc) is 3.00. The highest BCUT2D eigenvalue weighted by molar-refractivity contribution is 5.83. The lowest BCUT2D eigenvalue weighted by atomic mass is 9.97. The van der Waals surface area contributed by atoms with Crippen molar-refractivity contribution in [2.45, 2.75) is 31.9 Å². The van der Waals surface area contributed by atoms with Crippen molar-refractivity contribution in [2.75, 3.05) is 6.61 Å². The molecule has 0 aliphatic carbocycles. The molecule has 4 nitrogen and oxygen atoms in total. The minimum absolute atomic E-state index is 0.0588. The number of amides is 1. The second-order valence-electron chi connectivity index (χ2n) is 6.81. The van der Waals surface area contributed by atoms with Crippen molar-refractivity contribution in [3.05, 3.63) is 60.7 Å². The second-order valence-corrected chi connectivity index (χ2v) is 6.81. The third-order valence-electron chi connectivity index (χ3n) is 4.71. The molecule has 0 bridgehead atoms.